The molecule has 3 aromatic carbocycles. The molecule has 0 radical (unpaired) electrons. The highest BCUT2D eigenvalue weighted by Crippen LogP contribution is 2.42. The molecule has 0 unspecified atom stereocenters. The molecular weight excluding hydrogens is 442 g/mol. The number of halogens is 1. The number of thiophene rings is 1. The van der Waals surface area contributed by atoms with Crippen molar-refractivity contribution in [3.8, 4) is 16.4 Å². The molecule has 0 saturated carbocycles. The zero-order chi connectivity index (χ0) is 21.0. The van der Waals surface area contributed by atoms with E-state index in [1.165, 1.54) is 5.56 Å². The van der Waals surface area contributed by atoms with Crippen molar-refractivity contribution >= 4 is 50.9 Å². The predicted molar refractivity (Wildman–Crippen MR) is 133 cm³/mol. The lowest BCUT2D eigenvalue weighted by Gasteiger charge is -2.09. The Hall–Kier alpha value is -2.86. The van der Waals surface area contributed by atoms with Crippen molar-refractivity contribution in [3.63, 3.8) is 0 Å². The number of fused-ring (bicyclic) bond motifs is 1. The average molecular weight is 460 g/mol. The van der Waals surface area contributed by atoms with Gasteiger partial charge in [0.2, 0.25) is 0 Å². The molecule has 0 fully saturated rings. The maximum Gasteiger partial charge on any atom is 0.196 e. The van der Waals surface area contributed by atoms with Gasteiger partial charge in [-0.3, -0.25) is 4.57 Å². The lowest BCUT2D eigenvalue weighted by Crippen LogP contribution is -1.99. The van der Waals surface area contributed by atoms with Crippen molar-refractivity contribution in [2.75, 3.05) is 5.75 Å². The van der Waals surface area contributed by atoms with Crippen LogP contribution in [0.1, 0.15) is 5.56 Å². The summed E-state index contributed by atoms with van der Waals surface area (Å²) in [6, 6.07) is 28.6. The topological polar surface area (TPSA) is 30.7 Å². The van der Waals surface area contributed by atoms with Crippen LogP contribution < -0.4 is 0 Å². The van der Waals surface area contributed by atoms with Crippen LogP contribution in [-0.4, -0.2) is 20.5 Å². The Kier molecular flexibility index (Phi) is 5.89. The van der Waals surface area contributed by atoms with E-state index in [2.05, 4.69) is 57.2 Å². The van der Waals surface area contributed by atoms with Gasteiger partial charge < -0.3 is 0 Å². The molecule has 6 heteroatoms. The third kappa shape index (κ3) is 4.17. The highest BCUT2D eigenvalue weighted by Gasteiger charge is 2.21. The number of hydrogen-bond donors (Lipinski definition) is 0. The summed E-state index contributed by atoms with van der Waals surface area (Å²) in [5.41, 5.74) is 2.20. The van der Waals surface area contributed by atoms with E-state index in [0.29, 0.717) is 0 Å². The SMILES string of the molecule is Clc1c(-c2nnc(SCC=Cc3ccccc3)n2-c2ccccc2)sc2ccccc12. The first-order valence-corrected chi connectivity index (χ1v) is 12.0. The molecule has 5 rings (SSSR count). The molecule has 2 aromatic heterocycles. The van der Waals surface area contributed by atoms with Crippen LogP contribution in [0.3, 0.4) is 0 Å². The summed E-state index contributed by atoms with van der Waals surface area (Å²) >= 11 is 10.1. The second kappa shape index (κ2) is 9.10. The zero-order valence-corrected chi connectivity index (χ0v) is 18.9. The van der Waals surface area contributed by atoms with Gasteiger partial charge >= 0.3 is 0 Å². The second-order valence-electron chi connectivity index (χ2n) is 6.84. The van der Waals surface area contributed by atoms with Crippen molar-refractivity contribution in [1.29, 1.82) is 0 Å². The molecule has 0 spiro atoms. The molecule has 3 nitrogen and oxygen atoms in total. The molecular formula is C25H18ClN3S2. The van der Waals surface area contributed by atoms with Crippen LogP contribution in [0.15, 0.2) is 96.2 Å². The van der Waals surface area contributed by atoms with Gasteiger partial charge in [0.05, 0.1) is 9.90 Å². The minimum Gasteiger partial charge on any atom is -0.269 e. The minimum atomic E-state index is 0.728. The highest BCUT2D eigenvalue weighted by molar-refractivity contribution is 7.99. The summed E-state index contributed by atoms with van der Waals surface area (Å²) in [5.74, 6) is 1.56. The number of aromatic nitrogens is 3. The molecule has 0 aliphatic rings. The van der Waals surface area contributed by atoms with Gasteiger partial charge in [-0.2, -0.15) is 0 Å². The third-order valence-corrected chi connectivity index (χ3v) is 7.36. The monoisotopic (exact) mass is 459 g/mol. The lowest BCUT2D eigenvalue weighted by molar-refractivity contribution is 0.888. The largest absolute Gasteiger partial charge is 0.269 e. The van der Waals surface area contributed by atoms with Crippen LogP contribution in [0.5, 0.6) is 0 Å². The predicted octanol–water partition coefficient (Wildman–Crippen LogP) is 7.61. The lowest BCUT2D eigenvalue weighted by atomic mass is 10.2. The fourth-order valence-corrected chi connectivity index (χ4v) is 5.60. The molecule has 31 heavy (non-hydrogen) atoms. The standard InChI is InChI=1S/C25H18ClN3S2/c26-22-20-15-7-8-16-21(20)31-23(22)24-27-28-25(29(24)19-13-5-2-6-14-19)30-17-9-12-18-10-3-1-4-11-18/h1-16H,17H2. The molecule has 0 saturated heterocycles. The van der Waals surface area contributed by atoms with Crippen LogP contribution >= 0.6 is 34.7 Å². The van der Waals surface area contributed by atoms with Gasteiger partial charge in [-0.15, -0.1) is 21.5 Å². The van der Waals surface area contributed by atoms with Crippen LogP contribution in [0.2, 0.25) is 5.02 Å². The van der Waals surface area contributed by atoms with Gasteiger partial charge in [0, 0.05) is 21.5 Å². The third-order valence-electron chi connectivity index (χ3n) is 4.80. The smallest absolute Gasteiger partial charge is 0.196 e. The normalized spacial score (nSPS) is 11.5. The fourth-order valence-electron chi connectivity index (χ4n) is 3.35. The molecule has 0 atom stereocenters. The zero-order valence-electron chi connectivity index (χ0n) is 16.5. The summed E-state index contributed by atoms with van der Waals surface area (Å²) in [5, 5.41) is 11.7. The van der Waals surface area contributed by atoms with Gasteiger partial charge in [-0.05, 0) is 23.8 Å². The Morgan fingerprint density at radius 1 is 0.871 bits per heavy atom. The van der Waals surface area contributed by atoms with Crippen molar-refractivity contribution < 1.29 is 0 Å². The van der Waals surface area contributed by atoms with Gasteiger partial charge in [-0.25, -0.2) is 0 Å². The van der Waals surface area contributed by atoms with Gasteiger partial charge in [0.1, 0.15) is 0 Å². The molecule has 152 valence electrons. The number of nitrogens with zero attached hydrogens (tertiary/aromatic N) is 3. The molecule has 0 N–H and O–H groups in total. The van der Waals surface area contributed by atoms with E-state index < -0.39 is 0 Å². The first-order chi connectivity index (χ1) is 15.3. The summed E-state index contributed by atoms with van der Waals surface area (Å²) in [6.07, 6.45) is 4.27. The summed E-state index contributed by atoms with van der Waals surface area (Å²) < 4.78 is 3.24. The Bertz CT molecular complexity index is 1340. The number of benzene rings is 3. The van der Waals surface area contributed by atoms with Crippen molar-refractivity contribution in [3.05, 3.63) is 102 Å². The van der Waals surface area contributed by atoms with E-state index in [4.69, 9.17) is 11.6 Å². The minimum absolute atomic E-state index is 0.728. The average Bonchev–Trinajstić information content (AvgIpc) is 3.39. The second-order valence-corrected chi connectivity index (χ2v) is 9.26. The van der Waals surface area contributed by atoms with E-state index in [1.54, 1.807) is 23.1 Å². The quantitative estimate of drug-likeness (QED) is 0.245. The number of thioether (sulfide) groups is 1. The first kappa shape index (κ1) is 20.1. The Morgan fingerprint density at radius 3 is 2.35 bits per heavy atom. The Morgan fingerprint density at radius 2 is 1.58 bits per heavy atom. The Labute approximate surface area is 194 Å². The van der Waals surface area contributed by atoms with Gasteiger partial charge in [0.25, 0.3) is 0 Å². The van der Waals surface area contributed by atoms with E-state index >= 15 is 0 Å². The van der Waals surface area contributed by atoms with Crippen LogP contribution in [0.25, 0.3) is 32.6 Å². The van der Waals surface area contributed by atoms with Gasteiger partial charge in [-0.1, -0.05) is 102 Å². The number of hydrogen-bond acceptors (Lipinski definition) is 4. The van der Waals surface area contributed by atoms with Gasteiger partial charge in [0.15, 0.2) is 11.0 Å². The molecule has 0 aliphatic carbocycles. The van der Waals surface area contributed by atoms with Crippen molar-refractivity contribution in [2.45, 2.75) is 5.16 Å². The highest BCUT2D eigenvalue weighted by atomic mass is 35.5. The van der Waals surface area contributed by atoms with E-state index in [1.807, 2.05) is 54.6 Å². The Balaban J connectivity index is 1.51. The van der Waals surface area contributed by atoms with Crippen LogP contribution in [-0.2, 0) is 0 Å². The summed E-state index contributed by atoms with van der Waals surface area (Å²) in [7, 11) is 0. The van der Waals surface area contributed by atoms with E-state index in [0.717, 1.165) is 42.4 Å². The molecule has 0 bridgehead atoms. The maximum atomic E-state index is 6.77. The van der Waals surface area contributed by atoms with E-state index in [-0.39, 0.29) is 0 Å². The molecule has 5 aromatic rings. The van der Waals surface area contributed by atoms with Crippen molar-refractivity contribution in [2.24, 2.45) is 0 Å². The van der Waals surface area contributed by atoms with Crippen molar-refractivity contribution in [1.82, 2.24) is 14.8 Å². The molecule has 0 amide bonds. The molecule has 0 aliphatic heterocycles. The van der Waals surface area contributed by atoms with Crippen LogP contribution in [0, 0.1) is 0 Å². The molecule has 2 heterocycles. The summed E-state index contributed by atoms with van der Waals surface area (Å²) in [4.78, 5) is 0.936. The number of rotatable bonds is 6. The fraction of sp³-hybridized carbons (Fsp3) is 0.0400. The van der Waals surface area contributed by atoms with Crippen LogP contribution in [0.4, 0.5) is 0 Å². The first-order valence-electron chi connectivity index (χ1n) is 9.84. The maximum absolute atomic E-state index is 6.77. The summed E-state index contributed by atoms with van der Waals surface area (Å²) in [6.45, 7) is 0. The van der Waals surface area contributed by atoms with E-state index in [9.17, 15) is 0 Å². The number of para-hydroxylation sites is 1.